The number of para-hydroxylation sites is 1. The molecular formula is C27H41NO5. The largest absolute Gasteiger partial charge is 0.483 e. The Bertz CT molecular complexity index is 839. The number of ether oxygens (including phenoxy) is 3. The average Bonchev–Trinajstić information content (AvgIpc) is 3.38. The molecule has 33 heavy (non-hydrogen) atoms. The molecule has 6 nitrogen and oxygen atoms in total. The number of rotatable bonds is 6. The number of benzene rings is 1. The quantitative estimate of drug-likeness (QED) is 0.687. The van der Waals surface area contributed by atoms with E-state index in [1.54, 1.807) is 0 Å². The minimum Gasteiger partial charge on any atom is -0.483 e. The van der Waals surface area contributed by atoms with Crippen molar-refractivity contribution >= 4 is 5.91 Å². The van der Waals surface area contributed by atoms with Crippen LogP contribution < -0.4 is 4.74 Å². The van der Waals surface area contributed by atoms with Gasteiger partial charge in [-0.1, -0.05) is 32.0 Å². The first-order valence-corrected chi connectivity index (χ1v) is 12.5. The van der Waals surface area contributed by atoms with Crippen LogP contribution in [0.2, 0.25) is 0 Å². The van der Waals surface area contributed by atoms with Crippen LogP contribution in [0.25, 0.3) is 0 Å². The number of likely N-dealkylation sites (tertiary alicyclic amines) is 1. The van der Waals surface area contributed by atoms with Gasteiger partial charge in [0, 0.05) is 13.1 Å². The summed E-state index contributed by atoms with van der Waals surface area (Å²) in [6.07, 6.45) is 4.51. The second kappa shape index (κ2) is 9.20. The Hall–Kier alpha value is -1.63. The zero-order valence-electron chi connectivity index (χ0n) is 20.9. The van der Waals surface area contributed by atoms with Gasteiger partial charge < -0.3 is 24.2 Å². The van der Waals surface area contributed by atoms with Crippen molar-refractivity contribution in [3.05, 3.63) is 29.8 Å². The molecule has 1 aromatic rings. The third-order valence-electron chi connectivity index (χ3n) is 8.06. The third-order valence-corrected chi connectivity index (χ3v) is 8.06. The summed E-state index contributed by atoms with van der Waals surface area (Å²) in [6, 6.07) is 7.96. The van der Waals surface area contributed by atoms with E-state index < -0.39 is 5.60 Å². The molecule has 1 amide bonds. The molecule has 3 atom stereocenters. The first kappa shape index (κ1) is 24.5. The summed E-state index contributed by atoms with van der Waals surface area (Å²) in [5, 5.41) is 10.4. The van der Waals surface area contributed by atoms with Crippen molar-refractivity contribution in [1.29, 1.82) is 0 Å². The summed E-state index contributed by atoms with van der Waals surface area (Å²) < 4.78 is 18.5. The number of hydrogen-bond acceptors (Lipinski definition) is 5. The Kier molecular flexibility index (Phi) is 6.83. The van der Waals surface area contributed by atoms with Crippen LogP contribution in [0.5, 0.6) is 5.75 Å². The van der Waals surface area contributed by atoms with Crippen molar-refractivity contribution in [3.8, 4) is 5.75 Å². The van der Waals surface area contributed by atoms with E-state index in [0.717, 1.165) is 63.1 Å². The lowest BCUT2D eigenvalue weighted by molar-refractivity contribution is -0.155. The van der Waals surface area contributed by atoms with E-state index in [0.29, 0.717) is 5.92 Å². The van der Waals surface area contributed by atoms with Crippen LogP contribution >= 0.6 is 0 Å². The van der Waals surface area contributed by atoms with Crippen LogP contribution in [0.15, 0.2) is 24.3 Å². The van der Waals surface area contributed by atoms with Crippen LogP contribution in [-0.4, -0.2) is 65.6 Å². The fourth-order valence-electron chi connectivity index (χ4n) is 5.67. The predicted octanol–water partition coefficient (Wildman–Crippen LogP) is 4.30. The molecule has 0 aromatic heterocycles. The topological polar surface area (TPSA) is 68.2 Å². The summed E-state index contributed by atoms with van der Waals surface area (Å²) in [4.78, 5) is 14.8. The van der Waals surface area contributed by atoms with E-state index in [4.69, 9.17) is 14.2 Å². The van der Waals surface area contributed by atoms with Gasteiger partial charge in [-0.15, -0.1) is 0 Å². The first-order chi connectivity index (χ1) is 15.5. The third kappa shape index (κ3) is 5.23. The molecule has 1 aromatic carbocycles. The fourth-order valence-corrected chi connectivity index (χ4v) is 5.67. The molecule has 0 unspecified atom stereocenters. The maximum absolute atomic E-state index is 12.8. The van der Waals surface area contributed by atoms with E-state index in [-0.39, 0.29) is 35.7 Å². The smallest absolute Gasteiger partial charge is 0.260 e. The Morgan fingerprint density at radius 1 is 1.24 bits per heavy atom. The second-order valence-corrected chi connectivity index (χ2v) is 11.5. The maximum Gasteiger partial charge on any atom is 0.260 e. The van der Waals surface area contributed by atoms with Gasteiger partial charge in [0.15, 0.2) is 6.61 Å². The summed E-state index contributed by atoms with van der Waals surface area (Å²) in [5.41, 5.74) is 0.0636. The Morgan fingerprint density at radius 2 is 1.94 bits per heavy atom. The van der Waals surface area contributed by atoms with Gasteiger partial charge in [0.05, 0.1) is 30.0 Å². The molecule has 3 saturated heterocycles. The van der Waals surface area contributed by atoms with E-state index in [1.807, 2.05) is 36.9 Å². The highest BCUT2D eigenvalue weighted by Gasteiger charge is 2.53. The minimum absolute atomic E-state index is 0.0444. The lowest BCUT2D eigenvalue weighted by Gasteiger charge is -2.39. The first-order valence-electron chi connectivity index (χ1n) is 12.5. The number of carbonyl (C=O) groups excluding carboxylic acids is 1. The molecule has 3 fully saturated rings. The molecule has 184 valence electrons. The van der Waals surface area contributed by atoms with Gasteiger partial charge in [0.25, 0.3) is 5.91 Å². The van der Waals surface area contributed by atoms with Crippen molar-refractivity contribution in [3.63, 3.8) is 0 Å². The highest BCUT2D eigenvalue weighted by molar-refractivity contribution is 5.78. The molecule has 6 heteroatoms. The SMILES string of the molecule is CC(C)c1ccccc1OCC(=O)N1CCC2(CC1)CO[C@H]([C@@]1(C)CC[C@@H](C(C)(C)O)O1)C2. The summed E-state index contributed by atoms with van der Waals surface area (Å²) in [5.74, 6) is 1.21. The van der Waals surface area contributed by atoms with Crippen molar-refractivity contribution in [1.82, 2.24) is 4.90 Å². The number of carbonyl (C=O) groups is 1. The van der Waals surface area contributed by atoms with Crippen LogP contribution in [0, 0.1) is 5.41 Å². The van der Waals surface area contributed by atoms with Gasteiger partial charge in [-0.05, 0) is 75.8 Å². The second-order valence-electron chi connectivity index (χ2n) is 11.5. The number of piperidine rings is 1. The summed E-state index contributed by atoms with van der Waals surface area (Å²) >= 11 is 0. The molecule has 0 aliphatic carbocycles. The number of amides is 1. The molecule has 3 aliphatic heterocycles. The van der Waals surface area contributed by atoms with Gasteiger partial charge in [-0.3, -0.25) is 4.79 Å². The Labute approximate surface area is 198 Å². The molecule has 0 saturated carbocycles. The standard InChI is InChI=1S/C27H41NO5/c1-19(2)20-8-6-7-9-21(20)31-17-24(29)28-14-12-27(13-15-28)16-23(32-18-27)26(5)11-10-22(33-26)25(3,4)30/h6-9,19,22-23,30H,10-18H2,1-5H3/t22-,23-,26+/m0/s1. The molecule has 3 aliphatic rings. The van der Waals surface area contributed by atoms with Crippen LogP contribution in [-0.2, 0) is 14.3 Å². The highest BCUT2D eigenvalue weighted by Crippen LogP contribution is 2.49. The lowest BCUT2D eigenvalue weighted by atomic mass is 9.74. The monoisotopic (exact) mass is 459 g/mol. The van der Waals surface area contributed by atoms with Gasteiger partial charge in [-0.2, -0.15) is 0 Å². The molecule has 0 radical (unpaired) electrons. The van der Waals surface area contributed by atoms with Crippen LogP contribution in [0.4, 0.5) is 0 Å². The van der Waals surface area contributed by atoms with E-state index in [1.165, 1.54) is 0 Å². The lowest BCUT2D eigenvalue weighted by Crippen LogP contribution is -2.46. The fraction of sp³-hybridized carbons (Fsp3) is 0.741. The average molecular weight is 460 g/mol. The highest BCUT2D eigenvalue weighted by atomic mass is 16.6. The van der Waals surface area contributed by atoms with Gasteiger partial charge in [0.1, 0.15) is 5.75 Å². The zero-order valence-corrected chi connectivity index (χ0v) is 20.9. The van der Waals surface area contributed by atoms with Crippen molar-refractivity contribution in [2.45, 2.75) is 96.1 Å². The summed E-state index contributed by atoms with van der Waals surface area (Å²) in [6.45, 7) is 12.3. The number of nitrogens with zero attached hydrogens (tertiary/aromatic N) is 1. The van der Waals surface area contributed by atoms with Crippen molar-refractivity contribution in [2.75, 3.05) is 26.3 Å². The zero-order chi connectivity index (χ0) is 23.9. The van der Waals surface area contributed by atoms with Crippen molar-refractivity contribution in [2.24, 2.45) is 5.41 Å². The summed E-state index contributed by atoms with van der Waals surface area (Å²) in [7, 11) is 0. The molecular weight excluding hydrogens is 418 g/mol. The van der Waals surface area contributed by atoms with E-state index in [2.05, 4.69) is 26.8 Å². The van der Waals surface area contributed by atoms with Crippen molar-refractivity contribution < 1.29 is 24.1 Å². The van der Waals surface area contributed by atoms with Gasteiger partial charge in [-0.25, -0.2) is 0 Å². The number of aliphatic hydroxyl groups is 1. The molecule has 0 bridgehead atoms. The van der Waals surface area contributed by atoms with Gasteiger partial charge >= 0.3 is 0 Å². The Balaban J connectivity index is 1.28. The van der Waals surface area contributed by atoms with E-state index in [9.17, 15) is 9.90 Å². The molecule has 3 heterocycles. The molecule has 1 N–H and O–H groups in total. The molecule has 4 rings (SSSR count). The molecule has 1 spiro atoms. The van der Waals surface area contributed by atoms with Crippen LogP contribution in [0.3, 0.4) is 0 Å². The van der Waals surface area contributed by atoms with Crippen LogP contribution in [0.1, 0.15) is 78.2 Å². The number of hydrogen-bond donors (Lipinski definition) is 1. The normalized spacial score (nSPS) is 29.7. The van der Waals surface area contributed by atoms with E-state index >= 15 is 0 Å². The maximum atomic E-state index is 12.8. The minimum atomic E-state index is -0.836. The predicted molar refractivity (Wildman–Crippen MR) is 127 cm³/mol. The Morgan fingerprint density at radius 3 is 2.58 bits per heavy atom. The van der Waals surface area contributed by atoms with Gasteiger partial charge in [0.2, 0.25) is 0 Å².